The molecule has 0 radical (unpaired) electrons. The van der Waals surface area contributed by atoms with Crippen molar-refractivity contribution >= 4 is 5.97 Å². The quantitative estimate of drug-likeness (QED) is 0.347. The van der Waals surface area contributed by atoms with E-state index in [0.29, 0.717) is 12.2 Å². The predicted octanol–water partition coefficient (Wildman–Crippen LogP) is 6.78. The smallest absolute Gasteiger partial charge is 0.303 e. The largest absolute Gasteiger partial charge is 0.507 e. The molecular formula is C25H42O3. The Labute approximate surface area is 172 Å². The van der Waals surface area contributed by atoms with Crippen LogP contribution < -0.4 is 0 Å². The van der Waals surface area contributed by atoms with E-state index in [1.54, 1.807) is 0 Å². The number of rotatable bonds is 15. The monoisotopic (exact) mass is 390 g/mol. The summed E-state index contributed by atoms with van der Waals surface area (Å²) >= 11 is 0. The van der Waals surface area contributed by atoms with Crippen LogP contribution in [0.5, 0.6) is 5.75 Å². The normalized spacial score (nSPS) is 11.1. The van der Waals surface area contributed by atoms with Crippen molar-refractivity contribution in [2.24, 2.45) is 0 Å². The summed E-state index contributed by atoms with van der Waals surface area (Å²) in [6.07, 6.45) is 13.1. The molecule has 160 valence electrons. The molecule has 0 saturated heterocycles. The summed E-state index contributed by atoms with van der Waals surface area (Å²) in [5, 5.41) is 20.6. The number of aromatic hydroxyl groups is 1. The molecular weight excluding hydrogens is 348 g/mol. The van der Waals surface area contributed by atoms with E-state index in [9.17, 15) is 15.0 Å². The van der Waals surface area contributed by atoms with Gasteiger partial charge in [0.1, 0.15) is 5.75 Å². The van der Waals surface area contributed by atoms with E-state index in [4.69, 9.17) is 0 Å². The van der Waals surface area contributed by atoms with Crippen molar-refractivity contribution in [1.29, 1.82) is 0 Å². The van der Waals surface area contributed by atoms with Crippen molar-refractivity contribution in [3.63, 3.8) is 0 Å². The summed E-state index contributed by atoms with van der Waals surface area (Å²) in [5.74, 6) is -0.209. The average molecular weight is 391 g/mol. The summed E-state index contributed by atoms with van der Waals surface area (Å²) in [5.41, 5.74) is 6.00. The minimum absolute atomic E-state index is 0.170. The van der Waals surface area contributed by atoms with Gasteiger partial charge in [0.25, 0.3) is 0 Å². The van der Waals surface area contributed by atoms with Crippen LogP contribution in [0.25, 0.3) is 0 Å². The zero-order valence-electron chi connectivity index (χ0n) is 18.7. The molecule has 0 fully saturated rings. The lowest BCUT2D eigenvalue weighted by Gasteiger charge is -2.25. The molecule has 2 N–H and O–H groups in total. The van der Waals surface area contributed by atoms with Crippen molar-refractivity contribution in [2.75, 3.05) is 0 Å². The maximum Gasteiger partial charge on any atom is 0.303 e. The molecule has 0 spiro atoms. The first-order chi connectivity index (χ1) is 13.5. The third-order valence-electron chi connectivity index (χ3n) is 5.74. The van der Waals surface area contributed by atoms with Gasteiger partial charge in [0, 0.05) is 6.42 Å². The van der Waals surface area contributed by atoms with Crippen LogP contribution in [0.3, 0.4) is 0 Å². The molecule has 28 heavy (non-hydrogen) atoms. The second kappa shape index (κ2) is 13.6. The Bertz CT molecular complexity index is 563. The van der Waals surface area contributed by atoms with Crippen LogP contribution in [0.2, 0.25) is 0 Å². The van der Waals surface area contributed by atoms with Gasteiger partial charge in [0.2, 0.25) is 0 Å². The van der Waals surface area contributed by atoms with Gasteiger partial charge in [-0.25, -0.2) is 0 Å². The van der Waals surface area contributed by atoms with Crippen LogP contribution in [-0.4, -0.2) is 16.2 Å². The van der Waals surface area contributed by atoms with Crippen LogP contribution in [0.15, 0.2) is 0 Å². The SMILES string of the molecule is CCCCc1c(O)c(CCCC)c(CCCC)c(CCC(=O)O)c1CCCC. The topological polar surface area (TPSA) is 57.5 Å². The molecule has 1 rings (SSSR count). The van der Waals surface area contributed by atoms with Crippen LogP contribution >= 0.6 is 0 Å². The highest BCUT2D eigenvalue weighted by Gasteiger charge is 2.22. The van der Waals surface area contributed by atoms with E-state index in [0.717, 1.165) is 88.2 Å². The van der Waals surface area contributed by atoms with Crippen LogP contribution in [0.4, 0.5) is 0 Å². The van der Waals surface area contributed by atoms with Crippen molar-refractivity contribution in [2.45, 2.75) is 118 Å². The molecule has 0 atom stereocenters. The van der Waals surface area contributed by atoms with Gasteiger partial charge in [-0.05, 0) is 85.6 Å². The second-order valence-electron chi connectivity index (χ2n) is 8.05. The number of hydrogen-bond acceptors (Lipinski definition) is 2. The summed E-state index contributed by atoms with van der Waals surface area (Å²) < 4.78 is 0. The summed E-state index contributed by atoms with van der Waals surface area (Å²) in [6.45, 7) is 8.75. The predicted molar refractivity (Wildman–Crippen MR) is 119 cm³/mol. The summed E-state index contributed by atoms with van der Waals surface area (Å²) in [7, 11) is 0. The number of carbonyl (C=O) groups is 1. The van der Waals surface area contributed by atoms with Gasteiger partial charge in [-0.15, -0.1) is 0 Å². The lowest BCUT2D eigenvalue weighted by atomic mass is 9.81. The van der Waals surface area contributed by atoms with E-state index < -0.39 is 5.97 Å². The average Bonchev–Trinajstić information content (AvgIpc) is 2.68. The number of phenols is 1. The Kier molecular flexibility index (Phi) is 11.9. The van der Waals surface area contributed by atoms with Crippen LogP contribution in [0.1, 0.15) is 113 Å². The highest BCUT2D eigenvalue weighted by molar-refractivity contribution is 5.68. The lowest BCUT2D eigenvalue weighted by Crippen LogP contribution is -2.12. The first kappa shape index (κ1) is 24.5. The van der Waals surface area contributed by atoms with Gasteiger partial charge in [-0.1, -0.05) is 53.4 Å². The molecule has 0 aromatic heterocycles. The zero-order valence-corrected chi connectivity index (χ0v) is 18.7. The number of carboxylic acid groups (broad SMARTS) is 1. The maximum atomic E-state index is 11.4. The van der Waals surface area contributed by atoms with E-state index in [-0.39, 0.29) is 6.42 Å². The number of hydrogen-bond donors (Lipinski definition) is 2. The van der Waals surface area contributed by atoms with Gasteiger partial charge in [-0.3, -0.25) is 4.79 Å². The molecule has 0 bridgehead atoms. The minimum Gasteiger partial charge on any atom is -0.507 e. The molecule has 0 saturated carbocycles. The van der Waals surface area contributed by atoms with Gasteiger partial charge in [0.05, 0.1) is 0 Å². The van der Waals surface area contributed by atoms with Crippen molar-refractivity contribution in [3.8, 4) is 5.75 Å². The standard InChI is InChI=1S/C25H42O3/c1-5-9-13-19-21(17-18-24(26)27)20(14-10-6-2)23(16-12-8-4)25(28)22(19)15-11-7-3/h28H,5-18H2,1-4H3,(H,26,27). The number of aliphatic carboxylic acids is 1. The first-order valence-electron chi connectivity index (χ1n) is 11.6. The number of benzene rings is 1. The molecule has 1 aromatic rings. The molecule has 3 nitrogen and oxygen atoms in total. The van der Waals surface area contributed by atoms with Gasteiger partial charge in [-0.2, -0.15) is 0 Å². The Balaban J connectivity index is 3.62. The second-order valence-corrected chi connectivity index (χ2v) is 8.05. The molecule has 1 aromatic carbocycles. The summed E-state index contributed by atoms with van der Waals surface area (Å²) in [4.78, 5) is 11.4. The molecule has 3 heteroatoms. The Morgan fingerprint density at radius 2 is 0.929 bits per heavy atom. The Morgan fingerprint density at radius 3 is 1.25 bits per heavy atom. The number of carboxylic acids is 1. The van der Waals surface area contributed by atoms with E-state index >= 15 is 0 Å². The molecule has 0 amide bonds. The van der Waals surface area contributed by atoms with Crippen LogP contribution in [0, 0.1) is 0 Å². The van der Waals surface area contributed by atoms with Crippen molar-refractivity contribution in [1.82, 2.24) is 0 Å². The van der Waals surface area contributed by atoms with Gasteiger partial charge < -0.3 is 10.2 Å². The van der Waals surface area contributed by atoms with E-state index in [2.05, 4.69) is 27.7 Å². The Morgan fingerprint density at radius 1 is 0.607 bits per heavy atom. The first-order valence-corrected chi connectivity index (χ1v) is 11.6. The number of unbranched alkanes of at least 4 members (excludes halogenated alkanes) is 4. The van der Waals surface area contributed by atoms with E-state index in [1.807, 2.05) is 0 Å². The highest BCUT2D eigenvalue weighted by atomic mass is 16.4. The maximum absolute atomic E-state index is 11.4. The minimum atomic E-state index is -0.735. The molecule has 0 heterocycles. The van der Waals surface area contributed by atoms with Crippen LogP contribution in [-0.2, 0) is 36.9 Å². The summed E-state index contributed by atoms with van der Waals surface area (Å²) in [6, 6.07) is 0. The third kappa shape index (κ3) is 7.14. The van der Waals surface area contributed by atoms with Gasteiger partial charge in [0.15, 0.2) is 0 Å². The fraction of sp³-hybridized carbons (Fsp3) is 0.720. The fourth-order valence-electron chi connectivity index (χ4n) is 4.10. The van der Waals surface area contributed by atoms with Crippen molar-refractivity contribution in [3.05, 3.63) is 27.8 Å². The Hall–Kier alpha value is -1.51. The fourth-order valence-corrected chi connectivity index (χ4v) is 4.10. The third-order valence-corrected chi connectivity index (χ3v) is 5.74. The highest BCUT2D eigenvalue weighted by Crippen LogP contribution is 2.38. The molecule has 0 aliphatic carbocycles. The number of phenolic OH excluding ortho intramolecular Hbond substituents is 1. The van der Waals surface area contributed by atoms with E-state index in [1.165, 1.54) is 16.7 Å². The molecule has 0 aliphatic rings. The molecule has 0 aliphatic heterocycles. The van der Waals surface area contributed by atoms with Gasteiger partial charge >= 0.3 is 5.97 Å². The molecule has 0 unspecified atom stereocenters. The zero-order chi connectivity index (χ0) is 20.9. The lowest BCUT2D eigenvalue weighted by molar-refractivity contribution is -0.136. The van der Waals surface area contributed by atoms with Crippen molar-refractivity contribution < 1.29 is 15.0 Å².